The molecule has 1 saturated heterocycles. The van der Waals surface area contributed by atoms with E-state index in [0.717, 1.165) is 0 Å². The molecule has 1 aromatic rings. The molecule has 0 saturated carbocycles. The molecule has 2 rings (SSSR count). The first-order valence-corrected chi connectivity index (χ1v) is 7.48. The van der Waals surface area contributed by atoms with E-state index in [1.165, 1.54) is 12.1 Å². The van der Waals surface area contributed by atoms with Crippen molar-refractivity contribution in [3.63, 3.8) is 0 Å². The van der Waals surface area contributed by atoms with Gasteiger partial charge in [0.15, 0.2) is 0 Å². The molecule has 0 bridgehead atoms. The first-order chi connectivity index (χ1) is 10.4. The molecule has 0 unspecified atom stereocenters. The highest BCUT2D eigenvalue weighted by Crippen LogP contribution is 2.30. The van der Waals surface area contributed by atoms with E-state index >= 15 is 0 Å². The second kappa shape index (κ2) is 6.81. The zero-order valence-corrected chi connectivity index (χ0v) is 13.1. The fourth-order valence-electron chi connectivity index (χ4n) is 2.47. The van der Waals surface area contributed by atoms with E-state index in [2.05, 4.69) is 10.6 Å². The molecule has 1 aliphatic rings. The Morgan fingerprint density at radius 3 is 2.55 bits per heavy atom. The molecule has 0 aromatic heterocycles. The molecule has 5 nitrogen and oxygen atoms in total. The van der Waals surface area contributed by atoms with Crippen molar-refractivity contribution >= 4 is 35.1 Å². The van der Waals surface area contributed by atoms with Crippen LogP contribution in [-0.2, 0) is 16.1 Å². The van der Waals surface area contributed by atoms with Crippen LogP contribution in [0.5, 0.6) is 0 Å². The second-order valence-electron chi connectivity index (χ2n) is 5.18. The van der Waals surface area contributed by atoms with E-state index in [1.54, 1.807) is 0 Å². The molecular weight excluding hydrogens is 334 g/mol. The van der Waals surface area contributed by atoms with Gasteiger partial charge in [-0.2, -0.15) is 0 Å². The summed E-state index contributed by atoms with van der Waals surface area (Å²) >= 11 is 11.5. The van der Waals surface area contributed by atoms with Gasteiger partial charge >= 0.3 is 5.97 Å². The fourth-order valence-corrected chi connectivity index (χ4v) is 3.01. The summed E-state index contributed by atoms with van der Waals surface area (Å²) < 4.78 is 13.9. The number of benzene rings is 1. The summed E-state index contributed by atoms with van der Waals surface area (Å²) in [4.78, 5) is 23.8. The van der Waals surface area contributed by atoms with Crippen molar-refractivity contribution in [1.82, 2.24) is 10.6 Å². The van der Waals surface area contributed by atoms with Crippen molar-refractivity contribution in [2.75, 3.05) is 13.1 Å². The number of carbonyl (C=O) groups is 2. The minimum Gasteiger partial charge on any atom is -0.480 e. The normalized spacial score (nSPS) is 17.0. The lowest BCUT2D eigenvalue weighted by atomic mass is 9.78. The van der Waals surface area contributed by atoms with Gasteiger partial charge < -0.3 is 15.7 Å². The van der Waals surface area contributed by atoms with Gasteiger partial charge in [-0.15, -0.1) is 0 Å². The van der Waals surface area contributed by atoms with Crippen molar-refractivity contribution in [3.8, 4) is 0 Å². The summed E-state index contributed by atoms with van der Waals surface area (Å²) in [5.74, 6) is -2.48. The van der Waals surface area contributed by atoms with Crippen LogP contribution in [0.2, 0.25) is 10.0 Å². The van der Waals surface area contributed by atoms with Crippen molar-refractivity contribution in [1.29, 1.82) is 0 Å². The van der Waals surface area contributed by atoms with Gasteiger partial charge in [0.2, 0.25) is 5.91 Å². The third kappa shape index (κ3) is 3.34. The van der Waals surface area contributed by atoms with Crippen LogP contribution >= 0.6 is 23.2 Å². The van der Waals surface area contributed by atoms with Crippen LogP contribution in [0.4, 0.5) is 4.39 Å². The number of hydrogen-bond acceptors (Lipinski definition) is 3. The number of nitrogens with one attached hydrogen (secondary N) is 2. The smallest absolute Gasteiger partial charge is 0.319 e. The Hall–Kier alpha value is -1.37. The summed E-state index contributed by atoms with van der Waals surface area (Å²) in [6.07, 6.45) is 0.375. The topological polar surface area (TPSA) is 78.4 Å². The zero-order chi connectivity index (χ0) is 16.3. The Bertz CT molecular complexity index is 604. The third-order valence-corrected chi connectivity index (χ3v) is 4.30. The number of halogens is 3. The van der Waals surface area contributed by atoms with Gasteiger partial charge in [0.1, 0.15) is 11.2 Å². The maximum Gasteiger partial charge on any atom is 0.319 e. The molecule has 1 aromatic carbocycles. The van der Waals surface area contributed by atoms with E-state index in [-0.39, 0.29) is 35.0 Å². The van der Waals surface area contributed by atoms with Crippen molar-refractivity contribution in [2.45, 2.75) is 19.4 Å². The van der Waals surface area contributed by atoms with E-state index < -0.39 is 23.1 Å². The van der Waals surface area contributed by atoms with Gasteiger partial charge in [0, 0.05) is 17.1 Å². The number of carbonyl (C=O) groups excluding carboxylic acids is 1. The molecule has 0 atom stereocenters. The predicted octanol–water partition coefficient (Wildman–Crippen LogP) is 2.20. The lowest BCUT2D eigenvalue weighted by Crippen LogP contribution is -2.52. The molecule has 1 fully saturated rings. The fraction of sp³-hybridized carbons (Fsp3) is 0.429. The van der Waals surface area contributed by atoms with Gasteiger partial charge in [0.25, 0.3) is 0 Å². The molecule has 8 heteroatoms. The Balaban J connectivity index is 2.13. The standard InChI is InChI=1S/C14H15Cl2FN2O3/c15-9-5-8(11(17)10(16)6-9)7-19-12(20)14(13(21)22)1-3-18-4-2-14/h5-6,18H,1-4,7H2,(H,19,20)(H,21,22). The van der Waals surface area contributed by atoms with E-state index in [0.29, 0.717) is 13.1 Å². The van der Waals surface area contributed by atoms with Gasteiger partial charge in [-0.1, -0.05) is 23.2 Å². The molecule has 0 spiro atoms. The van der Waals surface area contributed by atoms with Crippen LogP contribution in [0.15, 0.2) is 12.1 Å². The van der Waals surface area contributed by atoms with Gasteiger partial charge in [-0.05, 0) is 38.1 Å². The Morgan fingerprint density at radius 1 is 1.32 bits per heavy atom. The lowest BCUT2D eigenvalue weighted by Gasteiger charge is -2.32. The molecule has 0 aliphatic carbocycles. The highest BCUT2D eigenvalue weighted by Gasteiger charge is 2.46. The predicted molar refractivity (Wildman–Crippen MR) is 80.4 cm³/mol. The SMILES string of the molecule is O=C(O)C1(C(=O)NCc2cc(Cl)cc(Cl)c2F)CCNCC1. The van der Waals surface area contributed by atoms with Crippen molar-refractivity contribution in [3.05, 3.63) is 33.6 Å². The summed E-state index contributed by atoms with van der Waals surface area (Å²) in [7, 11) is 0. The largest absolute Gasteiger partial charge is 0.480 e. The molecule has 1 aliphatic heterocycles. The lowest BCUT2D eigenvalue weighted by molar-refractivity contribution is -0.157. The maximum absolute atomic E-state index is 13.9. The molecular formula is C14H15Cl2FN2O3. The summed E-state index contributed by atoms with van der Waals surface area (Å²) in [6.45, 7) is 0.710. The number of carboxylic acid groups (broad SMARTS) is 1. The van der Waals surface area contributed by atoms with Crippen LogP contribution in [0.25, 0.3) is 0 Å². The van der Waals surface area contributed by atoms with Crippen LogP contribution in [0.3, 0.4) is 0 Å². The van der Waals surface area contributed by atoms with E-state index in [9.17, 15) is 19.1 Å². The monoisotopic (exact) mass is 348 g/mol. The van der Waals surface area contributed by atoms with Crippen LogP contribution in [0, 0.1) is 11.2 Å². The Labute approximate surface area is 136 Å². The number of aliphatic carboxylic acids is 1. The van der Waals surface area contributed by atoms with Crippen molar-refractivity contribution < 1.29 is 19.1 Å². The summed E-state index contributed by atoms with van der Waals surface area (Å²) in [5.41, 5.74) is -1.37. The second-order valence-corrected chi connectivity index (χ2v) is 6.02. The molecule has 0 radical (unpaired) electrons. The number of piperidine rings is 1. The average Bonchev–Trinajstić information content (AvgIpc) is 2.49. The number of rotatable bonds is 4. The quantitative estimate of drug-likeness (QED) is 0.575. The van der Waals surface area contributed by atoms with E-state index in [1.807, 2.05) is 0 Å². The molecule has 120 valence electrons. The molecule has 1 amide bonds. The number of amides is 1. The minimum absolute atomic E-state index is 0.111. The molecule has 22 heavy (non-hydrogen) atoms. The summed E-state index contributed by atoms with van der Waals surface area (Å²) in [6, 6.07) is 2.61. The zero-order valence-electron chi connectivity index (χ0n) is 11.6. The van der Waals surface area contributed by atoms with Gasteiger partial charge in [-0.25, -0.2) is 4.39 Å². The first-order valence-electron chi connectivity index (χ1n) is 6.72. The minimum atomic E-state index is -1.48. The number of hydrogen-bond donors (Lipinski definition) is 3. The maximum atomic E-state index is 13.9. The Morgan fingerprint density at radius 2 is 1.95 bits per heavy atom. The average molecular weight is 349 g/mol. The molecule has 3 N–H and O–H groups in total. The van der Waals surface area contributed by atoms with E-state index in [4.69, 9.17) is 23.2 Å². The van der Waals surface area contributed by atoms with Crippen LogP contribution in [0.1, 0.15) is 18.4 Å². The highest BCUT2D eigenvalue weighted by atomic mass is 35.5. The Kier molecular flexibility index (Phi) is 5.26. The highest BCUT2D eigenvalue weighted by molar-refractivity contribution is 6.34. The first kappa shape index (κ1) is 17.0. The van der Waals surface area contributed by atoms with Gasteiger partial charge in [-0.3, -0.25) is 9.59 Å². The summed E-state index contributed by atoms with van der Waals surface area (Å²) in [5, 5.41) is 15.0. The third-order valence-electron chi connectivity index (χ3n) is 3.81. The van der Waals surface area contributed by atoms with Gasteiger partial charge in [0.05, 0.1) is 5.02 Å². The van der Waals surface area contributed by atoms with Crippen LogP contribution in [-0.4, -0.2) is 30.1 Å². The number of carboxylic acids is 1. The van der Waals surface area contributed by atoms with Crippen LogP contribution < -0.4 is 10.6 Å². The molecule has 1 heterocycles. The van der Waals surface area contributed by atoms with Crippen molar-refractivity contribution in [2.24, 2.45) is 5.41 Å².